The molecule has 116 valence electrons. The van der Waals surface area contributed by atoms with E-state index in [4.69, 9.17) is 4.74 Å². The van der Waals surface area contributed by atoms with Crippen molar-refractivity contribution in [2.75, 3.05) is 30.5 Å². The Labute approximate surface area is 123 Å². The number of phenols is 1. The van der Waals surface area contributed by atoms with Gasteiger partial charge in [-0.25, -0.2) is 8.42 Å². The highest BCUT2D eigenvalue weighted by atomic mass is 32.2. The Morgan fingerprint density at radius 1 is 1.52 bits per heavy atom. The van der Waals surface area contributed by atoms with Gasteiger partial charge in [0.1, 0.15) is 0 Å². The number of hydrogen-bond acceptors (Lipinski definition) is 6. The lowest BCUT2D eigenvalue weighted by Gasteiger charge is -2.23. The van der Waals surface area contributed by atoms with Gasteiger partial charge >= 0.3 is 0 Å². The van der Waals surface area contributed by atoms with Crippen molar-refractivity contribution in [3.63, 3.8) is 0 Å². The quantitative estimate of drug-likeness (QED) is 0.729. The molecule has 1 amide bonds. The van der Waals surface area contributed by atoms with Crippen LogP contribution >= 0.6 is 0 Å². The standard InChI is InChI=1S/C13H18N2O5S/c1-20-12-3-2-9(6-11(12)16)15-13(17)7-10-8-21(18,19)5-4-14-10/h2-3,6,10,14,16H,4-5,7-8H2,1H3,(H,15,17). The van der Waals surface area contributed by atoms with Crippen LogP contribution in [0.2, 0.25) is 0 Å². The van der Waals surface area contributed by atoms with Crippen molar-refractivity contribution < 1.29 is 23.1 Å². The predicted octanol–water partition coefficient (Wildman–Crippen LogP) is 0.116. The molecule has 1 aromatic carbocycles. The molecule has 1 aliphatic heterocycles. The van der Waals surface area contributed by atoms with E-state index in [1.807, 2.05) is 0 Å². The largest absolute Gasteiger partial charge is 0.504 e. The van der Waals surface area contributed by atoms with Crippen molar-refractivity contribution >= 4 is 21.4 Å². The summed E-state index contributed by atoms with van der Waals surface area (Å²) in [7, 11) is -1.63. The minimum atomic E-state index is -3.07. The van der Waals surface area contributed by atoms with Crippen molar-refractivity contribution in [3.8, 4) is 11.5 Å². The molecule has 0 radical (unpaired) electrons. The Kier molecular flexibility index (Phi) is 4.69. The summed E-state index contributed by atoms with van der Waals surface area (Å²) >= 11 is 0. The van der Waals surface area contributed by atoms with Gasteiger partial charge in [0.2, 0.25) is 5.91 Å². The Bertz CT molecular complexity index is 629. The summed E-state index contributed by atoms with van der Waals surface area (Å²) in [5, 5.41) is 15.3. The number of benzene rings is 1. The lowest BCUT2D eigenvalue weighted by atomic mass is 10.2. The van der Waals surface area contributed by atoms with Gasteiger partial charge in [0.15, 0.2) is 21.3 Å². The van der Waals surface area contributed by atoms with Crippen LogP contribution in [0.25, 0.3) is 0 Å². The van der Waals surface area contributed by atoms with Crippen LogP contribution in [0.1, 0.15) is 6.42 Å². The molecule has 1 heterocycles. The zero-order valence-electron chi connectivity index (χ0n) is 11.6. The Hall–Kier alpha value is -1.80. The van der Waals surface area contributed by atoms with E-state index in [9.17, 15) is 18.3 Å². The van der Waals surface area contributed by atoms with Gasteiger partial charge in [-0.15, -0.1) is 0 Å². The maximum absolute atomic E-state index is 11.9. The molecule has 0 spiro atoms. The molecular weight excluding hydrogens is 296 g/mol. The number of rotatable bonds is 4. The molecule has 1 fully saturated rings. The van der Waals surface area contributed by atoms with E-state index in [1.165, 1.54) is 19.2 Å². The molecule has 1 aliphatic rings. The van der Waals surface area contributed by atoms with E-state index in [1.54, 1.807) is 6.07 Å². The number of amides is 1. The molecule has 1 aromatic rings. The second kappa shape index (κ2) is 6.31. The molecule has 1 saturated heterocycles. The highest BCUT2D eigenvalue weighted by Crippen LogP contribution is 2.28. The van der Waals surface area contributed by atoms with Gasteiger partial charge in [-0.2, -0.15) is 0 Å². The molecule has 7 nitrogen and oxygen atoms in total. The molecule has 1 unspecified atom stereocenters. The van der Waals surface area contributed by atoms with Crippen LogP contribution in [0.5, 0.6) is 11.5 Å². The molecule has 2 rings (SSSR count). The number of sulfone groups is 1. The number of carbonyl (C=O) groups is 1. The van der Waals surface area contributed by atoms with Crippen LogP contribution in [0.15, 0.2) is 18.2 Å². The summed E-state index contributed by atoms with van der Waals surface area (Å²) in [6, 6.07) is 4.13. The predicted molar refractivity (Wildman–Crippen MR) is 78.4 cm³/mol. The van der Waals surface area contributed by atoms with Gasteiger partial charge in [-0.1, -0.05) is 0 Å². The van der Waals surface area contributed by atoms with E-state index >= 15 is 0 Å². The van der Waals surface area contributed by atoms with Gasteiger partial charge in [0, 0.05) is 30.8 Å². The molecule has 8 heteroatoms. The average molecular weight is 314 g/mol. The van der Waals surface area contributed by atoms with Gasteiger partial charge in [-0.3, -0.25) is 4.79 Å². The summed E-state index contributed by atoms with van der Waals surface area (Å²) in [5.41, 5.74) is 0.428. The zero-order valence-corrected chi connectivity index (χ0v) is 12.4. The second-order valence-electron chi connectivity index (χ2n) is 4.90. The minimum Gasteiger partial charge on any atom is -0.504 e. The third-order valence-corrected chi connectivity index (χ3v) is 4.93. The number of aromatic hydroxyl groups is 1. The van der Waals surface area contributed by atoms with E-state index in [-0.39, 0.29) is 35.6 Å². The van der Waals surface area contributed by atoms with Crippen molar-refractivity contribution in [1.29, 1.82) is 0 Å². The topological polar surface area (TPSA) is 105 Å². The van der Waals surface area contributed by atoms with Crippen LogP contribution < -0.4 is 15.4 Å². The number of nitrogens with one attached hydrogen (secondary N) is 2. The van der Waals surface area contributed by atoms with Gasteiger partial charge in [-0.05, 0) is 12.1 Å². The number of carbonyl (C=O) groups excluding carboxylic acids is 1. The third kappa shape index (κ3) is 4.33. The fraction of sp³-hybridized carbons (Fsp3) is 0.462. The van der Waals surface area contributed by atoms with Crippen molar-refractivity contribution in [2.45, 2.75) is 12.5 Å². The summed E-state index contributed by atoms with van der Waals surface area (Å²) in [4.78, 5) is 11.9. The highest BCUT2D eigenvalue weighted by molar-refractivity contribution is 7.91. The summed E-state index contributed by atoms with van der Waals surface area (Å²) in [6.07, 6.45) is 0.0615. The molecule has 0 saturated carbocycles. The summed E-state index contributed by atoms with van der Waals surface area (Å²) in [6.45, 7) is 0.365. The zero-order chi connectivity index (χ0) is 15.5. The van der Waals surface area contributed by atoms with E-state index < -0.39 is 9.84 Å². The Morgan fingerprint density at radius 3 is 2.90 bits per heavy atom. The van der Waals surface area contributed by atoms with Crippen LogP contribution in [-0.2, 0) is 14.6 Å². The van der Waals surface area contributed by atoms with Crippen molar-refractivity contribution in [3.05, 3.63) is 18.2 Å². The monoisotopic (exact) mass is 314 g/mol. The van der Waals surface area contributed by atoms with Gasteiger partial charge in [0.05, 0.1) is 18.6 Å². The van der Waals surface area contributed by atoms with Crippen LogP contribution in [-0.4, -0.2) is 50.6 Å². The van der Waals surface area contributed by atoms with Crippen LogP contribution in [0.4, 0.5) is 5.69 Å². The number of ether oxygens (including phenoxy) is 1. The van der Waals surface area contributed by atoms with Crippen molar-refractivity contribution in [1.82, 2.24) is 5.32 Å². The average Bonchev–Trinajstić information content (AvgIpc) is 2.37. The van der Waals surface area contributed by atoms with E-state index in [2.05, 4.69) is 10.6 Å². The maximum Gasteiger partial charge on any atom is 0.225 e. The molecule has 0 bridgehead atoms. The fourth-order valence-corrected chi connectivity index (χ4v) is 3.65. The first-order chi connectivity index (χ1) is 9.89. The first-order valence-corrected chi connectivity index (χ1v) is 8.32. The number of phenolic OH excluding ortho intramolecular Hbond substituents is 1. The molecule has 3 N–H and O–H groups in total. The van der Waals surface area contributed by atoms with E-state index in [0.717, 1.165) is 0 Å². The Balaban J connectivity index is 1.94. The molecule has 1 atom stereocenters. The Morgan fingerprint density at radius 2 is 2.29 bits per heavy atom. The molecule has 0 aliphatic carbocycles. The van der Waals surface area contributed by atoms with Crippen LogP contribution in [0, 0.1) is 0 Å². The fourth-order valence-electron chi connectivity index (χ4n) is 2.20. The number of methoxy groups -OCH3 is 1. The summed E-state index contributed by atoms with van der Waals surface area (Å²) < 4.78 is 27.9. The van der Waals surface area contributed by atoms with Gasteiger partial charge in [0.25, 0.3) is 0 Å². The highest BCUT2D eigenvalue weighted by Gasteiger charge is 2.26. The minimum absolute atomic E-state index is 0.0334. The first kappa shape index (κ1) is 15.6. The first-order valence-electron chi connectivity index (χ1n) is 6.50. The molecule has 0 aromatic heterocycles. The van der Waals surface area contributed by atoms with Crippen molar-refractivity contribution in [2.24, 2.45) is 0 Å². The lowest BCUT2D eigenvalue weighted by Crippen LogP contribution is -2.46. The molecule has 21 heavy (non-hydrogen) atoms. The normalized spacial score (nSPS) is 20.7. The SMILES string of the molecule is COc1ccc(NC(=O)CC2CS(=O)(=O)CCN2)cc1O. The number of hydrogen-bond donors (Lipinski definition) is 3. The summed E-state index contributed by atoms with van der Waals surface area (Å²) in [5.74, 6) is 0.00189. The van der Waals surface area contributed by atoms with Crippen LogP contribution in [0.3, 0.4) is 0 Å². The third-order valence-electron chi connectivity index (χ3n) is 3.20. The number of anilines is 1. The molecular formula is C13H18N2O5S. The maximum atomic E-state index is 11.9. The lowest BCUT2D eigenvalue weighted by molar-refractivity contribution is -0.116. The van der Waals surface area contributed by atoms with E-state index in [0.29, 0.717) is 18.0 Å². The smallest absolute Gasteiger partial charge is 0.225 e. The van der Waals surface area contributed by atoms with Gasteiger partial charge < -0.3 is 20.5 Å². The second-order valence-corrected chi connectivity index (χ2v) is 7.13.